The number of carbonyl (C=O) groups excluding carboxylic acids is 2. The van der Waals surface area contributed by atoms with Crippen molar-refractivity contribution in [3.8, 4) is 17.2 Å². The van der Waals surface area contributed by atoms with Gasteiger partial charge in [-0.2, -0.15) is 5.10 Å². The largest absolute Gasteiger partial charge is 0.485 e. The molecular formula is C22H24N2O6. The summed E-state index contributed by atoms with van der Waals surface area (Å²) in [6.45, 7) is 5.33. The van der Waals surface area contributed by atoms with Gasteiger partial charge in [0.25, 0.3) is 5.91 Å². The van der Waals surface area contributed by atoms with Gasteiger partial charge in [-0.1, -0.05) is 12.1 Å². The first-order valence-corrected chi connectivity index (χ1v) is 9.46. The van der Waals surface area contributed by atoms with Crippen LogP contribution in [0, 0.1) is 0 Å². The number of amides is 1. The fourth-order valence-corrected chi connectivity index (χ4v) is 2.55. The lowest BCUT2D eigenvalue weighted by Gasteiger charge is -2.24. The first-order chi connectivity index (χ1) is 14.3. The summed E-state index contributed by atoms with van der Waals surface area (Å²) in [5.74, 6) is 0.813. The average molecular weight is 412 g/mol. The topological polar surface area (TPSA) is 95.5 Å². The standard InChI is InChI=1S/C22H24N2O6/c1-22(2,3)30-20(25)14-27-16-10-8-15(9-11-16)12-23-24-21(26)19-13-28-17-6-4-5-7-18(17)29-19/h4-12,19H,13-14H2,1-3H3,(H,24,26)/b23-12-/t19-/m1/s1. The molecule has 1 N–H and O–H groups in total. The highest BCUT2D eigenvalue weighted by molar-refractivity contribution is 5.85. The van der Waals surface area contributed by atoms with Gasteiger partial charge in [0, 0.05) is 0 Å². The zero-order valence-corrected chi connectivity index (χ0v) is 17.1. The molecule has 2 aromatic rings. The number of para-hydroxylation sites is 2. The van der Waals surface area contributed by atoms with Crippen molar-refractivity contribution >= 4 is 18.1 Å². The number of hydrogen-bond acceptors (Lipinski definition) is 7. The van der Waals surface area contributed by atoms with Gasteiger partial charge in [0.15, 0.2) is 18.1 Å². The van der Waals surface area contributed by atoms with Crippen molar-refractivity contribution in [2.75, 3.05) is 13.2 Å². The fraction of sp³-hybridized carbons (Fsp3) is 0.318. The molecule has 1 aliphatic heterocycles. The molecule has 0 saturated carbocycles. The van der Waals surface area contributed by atoms with Crippen LogP contribution < -0.4 is 19.6 Å². The molecule has 0 aliphatic carbocycles. The van der Waals surface area contributed by atoms with Gasteiger partial charge in [0.1, 0.15) is 18.0 Å². The number of nitrogens with zero attached hydrogens (tertiary/aromatic N) is 1. The second-order valence-corrected chi connectivity index (χ2v) is 7.54. The minimum Gasteiger partial charge on any atom is -0.485 e. The number of nitrogens with one attached hydrogen (secondary N) is 1. The van der Waals surface area contributed by atoms with Crippen molar-refractivity contribution in [1.29, 1.82) is 0 Å². The molecule has 0 spiro atoms. The van der Waals surface area contributed by atoms with Crippen LogP contribution >= 0.6 is 0 Å². The highest BCUT2D eigenvalue weighted by Gasteiger charge is 2.27. The third-order valence-electron chi connectivity index (χ3n) is 3.85. The summed E-state index contributed by atoms with van der Waals surface area (Å²) < 4.78 is 21.7. The minimum absolute atomic E-state index is 0.113. The summed E-state index contributed by atoms with van der Waals surface area (Å²) in [6.07, 6.45) is 0.716. The van der Waals surface area contributed by atoms with Crippen LogP contribution in [0.2, 0.25) is 0 Å². The Bertz CT molecular complexity index is 918. The number of hydrazone groups is 1. The molecule has 0 bridgehead atoms. The smallest absolute Gasteiger partial charge is 0.344 e. The van der Waals surface area contributed by atoms with Gasteiger partial charge in [-0.05, 0) is 62.7 Å². The maximum absolute atomic E-state index is 12.2. The highest BCUT2D eigenvalue weighted by Crippen LogP contribution is 2.30. The van der Waals surface area contributed by atoms with Crippen LogP contribution in [0.25, 0.3) is 0 Å². The van der Waals surface area contributed by atoms with Crippen molar-refractivity contribution in [2.45, 2.75) is 32.5 Å². The van der Waals surface area contributed by atoms with Crippen LogP contribution in [0.5, 0.6) is 17.2 Å². The second-order valence-electron chi connectivity index (χ2n) is 7.54. The third-order valence-corrected chi connectivity index (χ3v) is 3.85. The normalized spacial score (nSPS) is 15.5. The van der Waals surface area contributed by atoms with E-state index in [1.165, 1.54) is 6.21 Å². The molecular weight excluding hydrogens is 388 g/mol. The summed E-state index contributed by atoms with van der Waals surface area (Å²) in [7, 11) is 0. The quantitative estimate of drug-likeness (QED) is 0.445. The van der Waals surface area contributed by atoms with Crippen molar-refractivity contribution in [3.05, 3.63) is 54.1 Å². The molecule has 158 valence electrons. The molecule has 1 atom stereocenters. The van der Waals surface area contributed by atoms with E-state index in [1.807, 2.05) is 12.1 Å². The Kier molecular flexibility index (Phi) is 6.56. The van der Waals surface area contributed by atoms with Crippen molar-refractivity contribution in [3.63, 3.8) is 0 Å². The van der Waals surface area contributed by atoms with Gasteiger partial charge >= 0.3 is 5.97 Å². The predicted octanol–water partition coefficient (Wildman–Crippen LogP) is 2.70. The molecule has 0 saturated heterocycles. The molecule has 3 rings (SSSR count). The van der Waals surface area contributed by atoms with Crippen molar-refractivity contribution < 1.29 is 28.5 Å². The van der Waals surface area contributed by atoms with Gasteiger partial charge in [0.05, 0.1) is 6.21 Å². The predicted molar refractivity (Wildman–Crippen MR) is 110 cm³/mol. The molecule has 0 fully saturated rings. The average Bonchev–Trinajstić information content (AvgIpc) is 2.71. The van der Waals surface area contributed by atoms with E-state index in [1.54, 1.807) is 57.2 Å². The Morgan fingerprint density at radius 3 is 2.53 bits per heavy atom. The number of fused-ring (bicyclic) bond motifs is 1. The van der Waals surface area contributed by atoms with E-state index >= 15 is 0 Å². The highest BCUT2D eigenvalue weighted by atomic mass is 16.6. The zero-order chi connectivity index (χ0) is 21.6. The van der Waals surface area contributed by atoms with Crippen molar-refractivity contribution in [1.82, 2.24) is 5.43 Å². The van der Waals surface area contributed by atoms with Crippen LogP contribution in [-0.2, 0) is 14.3 Å². The fourth-order valence-electron chi connectivity index (χ4n) is 2.55. The van der Waals surface area contributed by atoms with Crippen LogP contribution in [0.4, 0.5) is 0 Å². The van der Waals surface area contributed by atoms with Gasteiger partial charge in [0.2, 0.25) is 6.10 Å². The van der Waals surface area contributed by atoms with Crippen LogP contribution in [0.1, 0.15) is 26.3 Å². The summed E-state index contributed by atoms with van der Waals surface area (Å²) >= 11 is 0. The van der Waals surface area contributed by atoms with E-state index in [9.17, 15) is 9.59 Å². The van der Waals surface area contributed by atoms with E-state index in [-0.39, 0.29) is 13.2 Å². The van der Waals surface area contributed by atoms with Crippen LogP contribution in [-0.4, -0.2) is 43.0 Å². The Labute approximate surface area is 174 Å². The maximum Gasteiger partial charge on any atom is 0.344 e. The summed E-state index contributed by atoms with van der Waals surface area (Å²) in [6, 6.07) is 14.0. The number of rotatable bonds is 6. The lowest BCUT2D eigenvalue weighted by atomic mass is 10.2. The monoisotopic (exact) mass is 412 g/mol. The van der Waals surface area contributed by atoms with Crippen LogP contribution in [0.3, 0.4) is 0 Å². The molecule has 2 aromatic carbocycles. The summed E-state index contributed by atoms with van der Waals surface area (Å²) in [4.78, 5) is 23.9. The van der Waals surface area contributed by atoms with Gasteiger partial charge in [-0.15, -0.1) is 0 Å². The van der Waals surface area contributed by atoms with E-state index in [0.29, 0.717) is 17.2 Å². The molecule has 8 nitrogen and oxygen atoms in total. The molecule has 0 aromatic heterocycles. The maximum atomic E-state index is 12.2. The SMILES string of the molecule is CC(C)(C)OC(=O)COc1ccc(/C=N\NC(=O)[C@H]2COc3ccccc3O2)cc1. The number of esters is 1. The minimum atomic E-state index is -0.777. The summed E-state index contributed by atoms with van der Waals surface area (Å²) in [5.41, 5.74) is 2.63. The van der Waals surface area contributed by atoms with E-state index in [4.69, 9.17) is 18.9 Å². The molecule has 0 radical (unpaired) electrons. The van der Waals surface area contributed by atoms with E-state index < -0.39 is 23.6 Å². The number of hydrogen-bond donors (Lipinski definition) is 1. The van der Waals surface area contributed by atoms with Gasteiger partial charge < -0.3 is 18.9 Å². The Morgan fingerprint density at radius 2 is 1.83 bits per heavy atom. The molecule has 1 amide bonds. The Morgan fingerprint density at radius 1 is 1.13 bits per heavy atom. The molecule has 1 heterocycles. The summed E-state index contributed by atoms with van der Waals surface area (Å²) in [5, 5.41) is 3.94. The van der Waals surface area contributed by atoms with Gasteiger partial charge in [-0.3, -0.25) is 4.79 Å². The number of ether oxygens (including phenoxy) is 4. The molecule has 0 unspecified atom stereocenters. The molecule has 30 heavy (non-hydrogen) atoms. The Hall–Kier alpha value is -3.55. The lowest BCUT2D eigenvalue weighted by Crippen LogP contribution is -2.42. The third kappa shape index (κ3) is 6.23. The zero-order valence-electron chi connectivity index (χ0n) is 17.1. The number of carbonyl (C=O) groups is 2. The van der Waals surface area contributed by atoms with Gasteiger partial charge in [-0.25, -0.2) is 10.2 Å². The first kappa shape index (κ1) is 21.2. The van der Waals surface area contributed by atoms with Crippen LogP contribution in [0.15, 0.2) is 53.6 Å². The first-order valence-electron chi connectivity index (χ1n) is 9.46. The Balaban J connectivity index is 1.45. The number of benzene rings is 2. The van der Waals surface area contributed by atoms with E-state index in [0.717, 1.165) is 5.56 Å². The van der Waals surface area contributed by atoms with E-state index in [2.05, 4.69) is 10.5 Å². The van der Waals surface area contributed by atoms with Crippen molar-refractivity contribution in [2.24, 2.45) is 5.10 Å². The molecule has 8 heteroatoms. The second kappa shape index (κ2) is 9.30. The lowest BCUT2D eigenvalue weighted by molar-refractivity contribution is -0.157. The molecule has 1 aliphatic rings.